The quantitative estimate of drug-likeness (QED) is 0.440. The lowest BCUT2D eigenvalue weighted by molar-refractivity contribution is -0.274. The molecule has 2 aromatic carbocycles. The maximum atomic E-state index is 13.1. The topological polar surface area (TPSA) is 108 Å². The SMILES string of the molecule is COc1ccccc1S(=O)(=O)Nc1noc2cc(Cn3cccn3)cc(OC(F)(F)F)c12. The standard InChI is InChI=1S/C19H15F3N4O5S/c1-29-13-5-2-3-6-16(13)32(27,28)25-18-17-14(30-19(20,21)22)9-12(10-15(17)31-24-18)11-26-8-4-7-23-26/h2-10H,11H2,1H3,(H,24,25). The van der Waals surface area contributed by atoms with Gasteiger partial charge in [-0.05, 0) is 35.9 Å². The van der Waals surface area contributed by atoms with Crippen LogP contribution >= 0.6 is 0 Å². The number of sulfonamides is 1. The van der Waals surface area contributed by atoms with Crippen LogP contribution in [0, 0.1) is 0 Å². The summed E-state index contributed by atoms with van der Waals surface area (Å²) in [5.74, 6) is -1.09. The molecular weight excluding hydrogens is 453 g/mol. The van der Waals surface area contributed by atoms with Crippen molar-refractivity contribution < 1.29 is 35.6 Å². The van der Waals surface area contributed by atoms with E-state index in [0.29, 0.717) is 5.56 Å². The van der Waals surface area contributed by atoms with E-state index in [2.05, 4.69) is 19.7 Å². The molecule has 1 N–H and O–H groups in total. The third kappa shape index (κ3) is 4.46. The van der Waals surface area contributed by atoms with E-state index in [9.17, 15) is 21.6 Å². The predicted octanol–water partition coefficient (Wildman–Crippen LogP) is 3.78. The Bertz CT molecular complexity index is 1350. The molecule has 0 atom stereocenters. The number of fused-ring (bicyclic) bond motifs is 1. The second-order valence-electron chi connectivity index (χ2n) is 6.51. The molecule has 0 saturated heterocycles. The lowest BCUT2D eigenvalue weighted by atomic mass is 10.1. The minimum atomic E-state index is -5.03. The number of benzene rings is 2. The summed E-state index contributed by atoms with van der Waals surface area (Å²) in [7, 11) is -2.99. The molecule has 0 spiro atoms. The van der Waals surface area contributed by atoms with E-state index in [1.165, 1.54) is 42.3 Å². The molecule has 4 rings (SSSR count). The van der Waals surface area contributed by atoms with Gasteiger partial charge in [-0.1, -0.05) is 17.3 Å². The zero-order chi connectivity index (χ0) is 22.9. The summed E-state index contributed by atoms with van der Waals surface area (Å²) in [6, 6.07) is 9.94. The number of para-hydroxylation sites is 1. The Kier molecular flexibility index (Phi) is 5.42. The van der Waals surface area contributed by atoms with Gasteiger partial charge in [0.2, 0.25) is 0 Å². The van der Waals surface area contributed by atoms with Gasteiger partial charge in [0.15, 0.2) is 11.4 Å². The zero-order valence-electron chi connectivity index (χ0n) is 16.3. The van der Waals surface area contributed by atoms with E-state index in [1.807, 2.05) is 0 Å². The Hall–Kier alpha value is -3.74. The van der Waals surface area contributed by atoms with E-state index in [1.54, 1.807) is 18.3 Å². The number of rotatable bonds is 7. The van der Waals surface area contributed by atoms with Crippen LogP contribution in [0.15, 0.2) is 64.3 Å². The molecule has 0 amide bonds. The fraction of sp³-hybridized carbons (Fsp3) is 0.158. The number of halogens is 3. The summed E-state index contributed by atoms with van der Waals surface area (Å²) in [5.41, 5.74) is 0.266. The van der Waals surface area contributed by atoms with Gasteiger partial charge < -0.3 is 14.0 Å². The molecule has 0 aliphatic rings. The van der Waals surface area contributed by atoms with Gasteiger partial charge in [-0.25, -0.2) is 8.42 Å². The van der Waals surface area contributed by atoms with Crippen LogP contribution in [0.1, 0.15) is 5.56 Å². The summed E-state index contributed by atoms with van der Waals surface area (Å²) < 4.78 is 82.9. The van der Waals surface area contributed by atoms with Gasteiger partial charge in [0.1, 0.15) is 21.8 Å². The number of nitrogens with zero attached hydrogens (tertiary/aromatic N) is 3. The highest BCUT2D eigenvalue weighted by Gasteiger charge is 2.34. The van der Waals surface area contributed by atoms with Crippen molar-refractivity contribution in [3.63, 3.8) is 0 Å². The van der Waals surface area contributed by atoms with Crippen molar-refractivity contribution in [3.05, 3.63) is 60.4 Å². The van der Waals surface area contributed by atoms with Gasteiger partial charge in [0.05, 0.1) is 13.7 Å². The lowest BCUT2D eigenvalue weighted by Gasteiger charge is -2.13. The third-order valence-corrected chi connectivity index (χ3v) is 5.70. The van der Waals surface area contributed by atoms with E-state index in [-0.39, 0.29) is 28.2 Å². The highest BCUT2D eigenvalue weighted by atomic mass is 32.2. The first-order valence-electron chi connectivity index (χ1n) is 8.97. The van der Waals surface area contributed by atoms with Crippen LogP contribution in [0.2, 0.25) is 0 Å². The summed E-state index contributed by atoms with van der Waals surface area (Å²) in [5, 5.41) is 7.33. The number of hydrogen-bond acceptors (Lipinski definition) is 7. The van der Waals surface area contributed by atoms with Crippen molar-refractivity contribution in [2.75, 3.05) is 11.8 Å². The van der Waals surface area contributed by atoms with E-state index in [0.717, 1.165) is 6.07 Å². The fourth-order valence-corrected chi connectivity index (χ4v) is 4.24. The van der Waals surface area contributed by atoms with Crippen LogP contribution < -0.4 is 14.2 Å². The molecule has 13 heteroatoms. The van der Waals surface area contributed by atoms with Crippen LogP contribution in [-0.2, 0) is 16.6 Å². The zero-order valence-corrected chi connectivity index (χ0v) is 17.1. The second-order valence-corrected chi connectivity index (χ2v) is 8.16. The molecule has 2 heterocycles. The molecule has 0 fully saturated rings. The van der Waals surface area contributed by atoms with Crippen molar-refractivity contribution in [3.8, 4) is 11.5 Å². The number of aromatic nitrogens is 3. The second kappa shape index (κ2) is 8.07. The normalized spacial score (nSPS) is 12.1. The molecule has 0 unspecified atom stereocenters. The van der Waals surface area contributed by atoms with Gasteiger partial charge in [-0.3, -0.25) is 9.40 Å². The Morgan fingerprint density at radius 3 is 2.62 bits per heavy atom. The average Bonchev–Trinajstić information content (AvgIpc) is 3.37. The van der Waals surface area contributed by atoms with E-state index >= 15 is 0 Å². The molecule has 32 heavy (non-hydrogen) atoms. The summed E-state index contributed by atoms with van der Waals surface area (Å²) in [6.07, 6.45) is -1.89. The first kappa shape index (κ1) is 21.5. The maximum absolute atomic E-state index is 13.1. The molecule has 0 aliphatic carbocycles. The fourth-order valence-electron chi connectivity index (χ4n) is 3.06. The molecule has 2 aromatic heterocycles. The molecule has 0 saturated carbocycles. The number of hydrogen-bond donors (Lipinski definition) is 1. The lowest BCUT2D eigenvalue weighted by Crippen LogP contribution is -2.18. The number of ether oxygens (including phenoxy) is 2. The number of methoxy groups -OCH3 is 1. The largest absolute Gasteiger partial charge is 0.573 e. The van der Waals surface area contributed by atoms with Crippen LogP contribution in [-0.4, -0.2) is 36.8 Å². The molecule has 0 aliphatic heterocycles. The van der Waals surface area contributed by atoms with Gasteiger partial charge in [0, 0.05) is 12.4 Å². The first-order valence-corrected chi connectivity index (χ1v) is 10.5. The van der Waals surface area contributed by atoms with Crippen molar-refractivity contribution in [1.29, 1.82) is 0 Å². The van der Waals surface area contributed by atoms with Crippen LogP contribution in [0.25, 0.3) is 11.0 Å². The number of nitrogens with one attached hydrogen (secondary N) is 1. The Balaban J connectivity index is 1.78. The third-order valence-electron chi connectivity index (χ3n) is 4.32. The monoisotopic (exact) mass is 468 g/mol. The van der Waals surface area contributed by atoms with E-state index < -0.39 is 28.0 Å². The number of alkyl halides is 3. The highest BCUT2D eigenvalue weighted by Crippen LogP contribution is 2.38. The molecular formula is C19H15F3N4O5S. The minimum absolute atomic E-state index is 0.0427. The Labute approximate surface area is 179 Å². The van der Waals surface area contributed by atoms with E-state index in [4.69, 9.17) is 9.26 Å². The smallest absolute Gasteiger partial charge is 0.495 e. The van der Waals surface area contributed by atoms with Crippen LogP contribution in [0.4, 0.5) is 19.0 Å². The van der Waals surface area contributed by atoms with Gasteiger partial charge in [-0.15, -0.1) is 13.2 Å². The van der Waals surface area contributed by atoms with Crippen molar-refractivity contribution in [1.82, 2.24) is 14.9 Å². The minimum Gasteiger partial charge on any atom is -0.495 e. The van der Waals surface area contributed by atoms with Gasteiger partial charge in [0.25, 0.3) is 10.0 Å². The highest BCUT2D eigenvalue weighted by molar-refractivity contribution is 7.92. The molecule has 0 bridgehead atoms. The van der Waals surface area contributed by atoms with Crippen molar-refractivity contribution in [2.45, 2.75) is 17.8 Å². The molecule has 9 nitrogen and oxygen atoms in total. The van der Waals surface area contributed by atoms with Crippen molar-refractivity contribution in [2.24, 2.45) is 0 Å². The van der Waals surface area contributed by atoms with Crippen LogP contribution in [0.3, 0.4) is 0 Å². The maximum Gasteiger partial charge on any atom is 0.573 e. The van der Waals surface area contributed by atoms with Crippen molar-refractivity contribution >= 4 is 26.8 Å². The van der Waals surface area contributed by atoms with Gasteiger partial charge >= 0.3 is 6.36 Å². The summed E-state index contributed by atoms with van der Waals surface area (Å²) in [6.45, 7) is 0.125. The molecule has 168 valence electrons. The Morgan fingerprint density at radius 2 is 1.94 bits per heavy atom. The average molecular weight is 468 g/mol. The first-order chi connectivity index (χ1) is 15.2. The summed E-state index contributed by atoms with van der Waals surface area (Å²) >= 11 is 0. The predicted molar refractivity (Wildman–Crippen MR) is 106 cm³/mol. The number of anilines is 1. The Morgan fingerprint density at radius 1 is 1.16 bits per heavy atom. The van der Waals surface area contributed by atoms with Gasteiger partial charge in [-0.2, -0.15) is 5.10 Å². The summed E-state index contributed by atoms with van der Waals surface area (Å²) in [4.78, 5) is -0.229. The molecule has 4 aromatic rings. The van der Waals surface area contributed by atoms with Crippen LogP contribution in [0.5, 0.6) is 11.5 Å². The molecule has 0 radical (unpaired) electrons.